The number of nitrogens with zero attached hydrogens (tertiary/aromatic N) is 4. The van der Waals surface area contributed by atoms with Crippen LogP contribution < -0.4 is 4.90 Å². The monoisotopic (exact) mass is 446 g/mol. The normalized spacial score (nSPS) is 20.1. The number of anilines is 1. The maximum Gasteiger partial charge on any atom is 0.253 e. The van der Waals surface area contributed by atoms with Gasteiger partial charge in [0.15, 0.2) is 0 Å². The first-order valence-corrected chi connectivity index (χ1v) is 12.6. The second-order valence-electron chi connectivity index (χ2n) is 9.91. The summed E-state index contributed by atoms with van der Waals surface area (Å²) in [6, 6.07) is 9.50. The van der Waals surface area contributed by atoms with Gasteiger partial charge in [0.1, 0.15) is 11.6 Å². The van der Waals surface area contributed by atoms with Gasteiger partial charge in [0.25, 0.3) is 5.91 Å². The summed E-state index contributed by atoms with van der Waals surface area (Å²) in [7, 11) is 0. The fourth-order valence-corrected chi connectivity index (χ4v) is 5.71. The van der Waals surface area contributed by atoms with Crippen molar-refractivity contribution in [2.75, 3.05) is 24.5 Å². The highest BCUT2D eigenvalue weighted by molar-refractivity contribution is 5.95. The molecule has 0 radical (unpaired) electrons. The molecule has 2 amide bonds. The number of likely N-dealkylation sites (tertiary alicyclic amines) is 1. The number of rotatable bonds is 4. The predicted octanol–water partition coefficient (Wildman–Crippen LogP) is 4.66. The van der Waals surface area contributed by atoms with Crippen LogP contribution in [-0.4, -0.2) is 46.3 Å². The van der Waals surface area contributed by atoms with Crippen LogP contribution in [0.15, 0.2) is 30.3 Å². The van der Waals surface area contributed by atoms with Crippen LogP contribution in [0.4, 0.5) is 5.82 Å². The first-order chi connectivity index (χ1) is 16.1. The molecule has 1 aromatic carbocycles. The number of aryl methyl sites for hydroxylation is 1. The van der Waals surface area contributed by atoms with Crippen molar-refractivity contribution in [3.05, 3.63) is 53.0 Å². The molecule has 0 spiro atoms. The maximum absolute atomic E-state index is 12.9. The fourth-order valence-electron chi connectivity index (χ4n) is 5.71. The fraction of sp³-hybridized carbons (Fsp3) is 0.556. The molecule has 174 valence electrons. The minimum absolute atomic E-state index is 0.0980. The molecule has 1 aliphatic carbocycles. The number of amides is 2. The Bertz CT molecular complexity index is 1010. The number of aromatic nitrogens is 2. The van der Waals surface area contributed by atoms with E-state index in [4.69, 9.17) is 9.97 Å². The van der Waals surface area contributed by atoms with Crippen molar-refractivity contribution >= 4 is 17.6 Å². The van der Waals surface area contributed by atoms with Gasteiger partial charge in [-0.3, -0.25) is 14.5 Å². The summed E-state index contributed by atoms with van der Waals surface area (Å²) >= 11 is 0. The molecule has 2 fully saturated rings. The molecule has 3 heterocycles. The SMILES string of the molecule is Cc1nc(C2CCN(C(=O)c3ccccc3)CC2)nc2c1CCC(=O)N2CC1CCCCC1. The van der Waals surface area contributed by atoms with Gasteiger partial charge in [-0.15, -0.1) is 0 Å². The number of hydrogen-bond acceptors (Lipinski definition) is 4. The summed E-state index contributed by atoms with van der Waals surface area (Å²) in [6.45, 7) is 4.28. The van der Waals surface area contributed by atoms with Crippen molar-refractivity contribution in [1.82, 2.24) is 14.9 Å². The van der Waals surface area contributed by atoms with Gasteiger partial charge in [-0.2, -0.15) is 0 Å². The van der Waals surface area contributed by atoms with Gasteiger partial charge in [-0.1, -0.05) is 37.5 Å². The molecule has 0 atom stereocenters. The molecule has 3 aliphatic rings. The van der Waals surface area contributed by atoms with Crippen LogP contribution in [0.5, 0.6) is 0 Å². The Balaban J connectivity index is 1.32. The van der Waals surface area contributed by atoms with Gasteiger partial charge in [0, 0.05) is 48.8 Å². The van der Waals surface area contributed by atoms with Crippen molar-refractivity contribution in [3.8, 4) is 0 Å². The van der Waals surface area contributed by atoms with Gasteiger partial charge in [-0.05, 0) is 57.1 Å². The third-order valence-corrected chi connectivity index (χ3v) is 7.69. The van der Waals surface area contributed by atoms with Crippen LogP contribution in [0.3, 0.4) is 0 Å². The molecule has 0 N–H and O–H groups in total. The third kappa shape index (κ3) is 4.66. The minimum Gasteiger partial charge on any atom is -0.339 e. The van der Waals surface area contributed by atoms with Crippen molar-refractivity contribution < 1.29 is 9.59 Å². The van der Waals surface area contributed by atoms with Gasteiger partial charge >= 0.3 is 0 Å². The Morgan fingerprint density at radius 1 is 0.970 bits per heavy atom. The first kappa shape index (κ1) is 22.1. The average molecular weight is 447 g/mol. The van der Waals surface area contributed by atoms with E-state index in [-0.39, 0.29) is 17.7 Å². The van der Waals surface area contributed by atoms with Crippen LogP contribution in [0.1, 0.15) is 84.7 Å². The number of fused-ring (bicyclic) bond motifs is 1. The lowest BCUT2D eigenvalue weighted by Gasteiger charge is -2.35. The zero-order chi connectivity index (χ0) is 22.8. The molecular formula is C27H34N4O2. The Labute approximate surface area is 196 Å². The van der Waals surface area contributed by atoms with Gasteiger partial charge < -0.3 is 4.90 Å². The van der Waals surface area contributed by atoms with Crippen molar-refractivity contribution in [2.24, 2.45) is 5.92 Å². The van der Waals surface area contributed by atoms with Crippen LogP contribution in [-0.2, 0) is 11.2 Å². The predicted molar refractivity (Wildman–Crippen MR) is 128 cm³/mol. The Morgan fingerprint density at radius 3 is 2.42 bits per heavy atom. The lowest BCUT2D eigenvalue weighted by Crippen LogP contribution is -2.41. The second-order valence-corrected chi connectivity index (χ2v) is 9.91. The molecule has 0 bridgehead atoms. The Hall–Kier alpha value is -2.76. The largest absolute Gasteiger partial charge is 0.339 e. The molecule has 33 heavy (non-hydrogen) atoms. The molecule has 6 heteroatoms. The Kier molecular flexibility index (Phi) is 6.43. The molecule has 2 aliphatic heterocycles. The summed E-state index contributed by atoms with van der Waals surface area (Å²) in [5.74, 6) is 2.83. The summed E-state index contributed by atoms with van der Waals surface area (Å²) in [5.41, 5.74) is 2.90. The smallest absolute Gasteiger partial charge is 0.253 e. The van der Waals surface area contributed by atoms with Crippen LogP contribution in [0, 0.1) is 12.8 Å². The van der Waals surface area contributed by atoms with Crippen LogP contribution >= 0.6 is 0 Å². The highest BCUT2D eigenvalue weighted by atomic mass is 16.2. The highest BCUT2D eigenvalue weighted by Crippen LogP contribution is 2.34. The van der Waals surface area contributed by atoms with Gasteiger partial charge in [0.05, 0.1) is 0 Å². The molecule has 2 aromatic rings. The third-order valence-electron chi connectivity index (χ3n) is 7.69. The molecule has 0 unspecified atom stereocenters. The lowest BCUT2D eigenvalue weighted by molar-refractivity contribution is -0.119. The number of carbonyl (C=O) groups is 2. The quantitative estimate of drug-likeness (QED) is 0.685. The summed E-state index contributed by atoms with van der Waals surface area (Å²) in [4.78, 5) is 39.5. The Morgan fingerprint density at radius 2 is 1.70 bits per heavy atom. The zero-order valence-electron chi connectivity index (χ0n) is 19.6. The summed E-state index contributed by atoms with van der Waals surface area (Å²) in [6.07, 6.45) is 9.29. The van der Waals surface area contributed by atoms with E-state index in [1.165, 1.54) is 32.1 Å². The lowest BCUT2D eigenvalue weighted by atomic mass is 9.88. The first-order valence-electron chi connectivity index (χ1n) is 12.6. The molecule has 6 nitrogen and oxygen atoms in total. The zero-order valence-corrected chi connectivity index (χ0v) is 19.6. The molecule has 5 rings (SSSR count). The molecule has 1 aromatic heterocycles. The van der Waals surface area contributed by atoms with E-state index in [1.807, 2.05) is 40.1 Å². The number of carbonyl (C=O) groups excluding carboxylic acids is 2. The molecular weight excluding hydrogens is 412 g/mol. The van der Waals surface area contributed by atoms with E-state index in [1.54, 1.807) is 0 Å². The van der Waals surface area contributed by atoms with E-state index in [0.717, 1.165) is 54.3 Å². The molecule has 1 saturated carbocycles. The highest BCUT2D eigenvalue weighted by Gasteiger charge is 2.32. The van der Waals surface area contributed by atoms with Crippen molar-refractivity contribution in [3.63, 3.8) is 0 Å². The minimum atomic E-state index is 0.0980. The van der Waals surface area contributed by atoms with Gasteiger partial charge in [0.2, 0.25) is 5.91 Å². The van der Waals surface area contributed by atoms with Crippen LogP contribution in [0.25, 0.3) is 0 Å². The number of benzene rings is 1. The standard InChI is InChI=1S/C27H34N4O2/c1-19-23-12-13-24(32)31(18-20-8-4-2-5-9-20)26(23)29-25(28-19)21-14-16-30(17-15-21)27(33)22-10-6-3-7-11-22/h3,6-7,10-11,20-21H,2,4-5,8-9,12-18H2,1H3. The summed E-state index contributed by atoms with van der Waals surface area (Å²) in [5, 5.41) is 0. The molecule has 1 saturated heterocycles. The second kappa shape index (κ2) is 9.62. The number of piperidine rings is 1. The van der Waals surface area contributed by atoms with E-state index >= 15 is 0 Å². The summed E-state index contributed by atoms with van der Waals surface area (Å²) < 4.78 is 0. The van der Waals surface area contributed by atoms with E-state index in [2.05, 4.69) is 6.92 Å². The van der Waals surface area contributed by atoms with E-state index < -0.39 is 0 Å². The van der Waals surface area contributed by atoms with Crippen LogP contribution in [0.2, 0.25) is 0 Å². The maximum atomic E-state index is 12.9. The number of hydrogen-bond donors (Lipinski definition) is 0. The van der Waals surface area contributed by atoms with Gasteiger partial charge in [-0.25, -0.2) is 9.97 Å². The topological polar surface area (TPSA) is 66.4 Å². The van der Waals surface area contributed by atoms with Crippen molar-refractivity contribution in [1.29, 1.82) is 0 Å². The van der Waals surface area contributed by atoms with E-state index in [9.17, 15) is 9.59 Å². The average Bonchev–Trinajstić information content (AvgIpc) is 2.86. The van der Waals surface area contributed by atoms with E-state index in [0.29, 0.717) is 25.4 Å². The van der Waals surface area contributed by atoms with Crippen molar-refractivity contribution in [2.45, 2.75) is 70.6 Å².